The van der Waals surface area contributed by atoms with Crippen molar-refractivity contribution in [2.24, 2.45) is 5.92 Å². The lowest BCUT2D eigenvalue weighted by Gasteiger charge is -2.30. The Morgan fingerprint density at radius 2 is 2.25 bits per heavy atom. The van der Waals surface area contributed by atoms with Crippen LogP contribution in [0.5, 0.6) is 0 Å². The molecule has 1 fully saturated rings. The zero-order valence-corrected chi connectivity index (χ0v) is 10.4. The molecular formula is C11H18ClN3O. The van der Waals surface area contributed by atoms with Crippen LogP contribution in [0.1, 0.15) is 32.1 Å². The maximum Gasteiger partial charge on any atom is 0.318 e. The summed E-state index contributed by atoms with van der Waals surface area (Å²) in [5.74, 6) is 1.97. The molecule has 90 valence electrons. The van der Waals surface area contributed by atoms with Crippen molar-refractivity contribution in [2.45, 2.75) is 32.6 Å². The number of anilines is 1. The van der Waals surface area contributed by atoms with Crippen LogP contribution in [-0.4, -0.2) is 29.2 Å². The van der Waals surface area contributed by atoms with Crippen LogP contribution in [0.15, 0.2) is 4.42 Å². The van der Waals surface area contributed by atoms with Crippen LogP contribution in [-0.2, 0) is 6.42 Å². The summed E-state index contributed by atoms with van der Waals surface area (Å²) >= 11 is 5.63. The van der Waals surface area contributed by atoms with Crippen molar-refractivity contribution in [1.82, 2.24) is 10.2 Å². The number of aromatic nitrogens is 2. The first kappa shape index (κ1) is 11.7. The highest BCUT2D eigenvalue weighted by molar-refractivity contribution is 6.17. The van der Waals surface area contributed by atoms with Gasteiger partial charge in [-0.05, 0) is 25.7 Å². The lowest BCUT2D eigenvalue weighted by molar-refractivity contribution is 0.312. The second-order valence-corrected chi connectivity index (χ2v) is 4.63. The van der Waals surface area contributed by atoms with Gasteiger partial charge in [0.2, 0.25) is 5.89 Å². The fraction of sp³-hybridized carbons (Fsp3) is 0.818. The minimum absolute atomic E-state index is 0.524. The average molecular weight is 244 g/mol. The predicted octanol–water partition coefficient (Wildman–Crippen LogP) is 2.48. The molecule has 0 atom stereocenters. The molecule has 4 nitrogen and oxygen atoms in total. The van der Waals surface area contributed by atoms with Crippen molar-refractivity contribution in [3.05, 3.63) is 5.89 Å². The van der Waals surface area contributed by atoms with Crippen LogP contribution in [0.4, 0.5) is 6.01 Å². The van der Waals surface area contributed by atoms with Gasteiger partial charge in [-0.3, -0.25) is 0 Å². The highest BCUT2D eigenvalue weighted by Crippen LogP contribution is 2.28. The highest BCUT2D eigenvalue weighted by atomic mass is 35.5. The van der Waals surface area contributed by atoms with Crippen molar-refractivity contribution < 1.29 is 4.42 Å². The normalized spacial score (nSPS) is 16.1. The van der Waals surface area contributed by atoms with E-state index in [4.69, 9.17) is 16.0 Å². The zero-order chi connectivity index (χ0) is 11.4. The SMILES string of the molecule is CCN(CC1CCC1)c1nnc(CCCl)o1. The number of hydrogen-bond acceptors (Lipinski definition) is 4. The molecule has 0 saturated heterocycles. The van der Waals surface area contributed by atoms with Crippen molar-refractivity contribution in [1.29, 1.82) is 0 Å². The summed E-state index contributed by atoms with van der Waals surface area (Å²) in [6.45, 7) is 4.07. The fourth-order valence-corrected chi connectivity index (χ4v) is 2.05. The van der Waals surface area contributed by atoms with E-state index in [1.54, 1.807) is 0 Å². The van der Waals surface area contributed by atoms with Gasteiger partial charge >= 0.3 is 6.01 Å². The van der Waals surface area contributed by atoms with E-state index in [2.05, 4.69) is 22.0 Å². The standard InChI is InChI=1S/C11H18ClN3O/c1-2-15(8-9-4-3-5-9)11-14-13-10(16-11)6-7-12/h9H,2-8H2,1H3. The number of rotatable bonds is 6. The van der Waals surface area contributed by atoms with E-state index in [9.17, 15) is 0 Å². The Kier molecular flexibility index (Phi) is 4.04. The molecular weight excluding hydrogens is 226 g/mol. The number of aryl methyl sites for hydroxylation is 1. The maximum absolute atomic E-state index is 5.63. The van der Waals surface area contributed by atoms with Crippen LogP contribution in [0.25, 0.3) is 0 Å². The van der Waals surface area contributed by atoms with E-state index in [0.717, 1.165) is 19.0 Å². The molecule has 0 aliphatic heterocycles. The van der Waals surface area contributed by atoms with Gasteiger partial charge in [-0.2, -0.15) is 0 Å². The third-order valence-electron chi connectivity index (χ3n) is 3.12. The monoisotopic (exact) mass is 243 g/mol. The number of nitrogens with zero attached hydrogens (tertiary/aromatic N) is 3. The molecule has 0 amide bonds. The maximum atomic E-state index is 5.63. The second-order valence-electron chi connectivity index (χ2n) is 4.25. The Labute approximate surface area is 101 Å². The van der Waals surface area contributed by atoms with Gasteiger partial charge in [-0.15, -0.1) is 16.7 Å². The first-order valence-electron chi connectivity index (χ1n) is 5.96. The minimum atomic E-state index is 0.524. The Morgan fingerprint density at radius 3 is 2.81 bits per heavy atom. The zero-order valence-electron chi connectivity index (χ0n) is 9.65. The molecule has 1 aromatic heterocycles. The summed E-state index contributed by atoms with van der Waals surface area (Å²) < 4.78 is 5.57. The summed E-state index contributed by atoms with van der Waals surface area (Å²) in [4.78, 5) is 2.16. The summed E-state index contributed by atoms with van der Waals surface area (Å²) in [5, 5.41) is 8.05. The molecule has 0 aromatic carbocycles. The molecule has 1 aromatic rings. The van der Waals surface area contributed by atoms with Gasteiger partial charge in [-0.25, -0.2) is 0 Å². The second kappa shape index (κ2) is 5.53. The lowest BCUT2D eigenvalue weighted by Crippen LogP contribution is -2.32. The molecule has 5 heteroatoms. The van der Waals surface area contributed by atoms with Crippen LogP contribution < -0.4 is 4.90 Å². The van der Waals surface area contributed by atoms with E-state index in [1.165, 1.54) is 19.3 Å². The first-order chi connectivity index (χ1) is 7.83. The molecule has 1 aliphatic carbocycles. The Hall–Kier alpha value is -0.770. The van der Waals surface area contributed by atoms with E-state index in [0.29, 0.717) is 24.2 Å². The summed E-state index contributed by atoms with van der Waals surface area (Å²) in [7, 11) is 0. The quantitative estimate of drug-likeness (QED) is 0.720. The number of alkyl halides is 1. The van der Waals surface area contributed by atoms with Crippen molar-refractivity contribution >= 4 is 17.6 Å². The van der Waals surface area contributed by atoms with Crippen LogP contribution in [0, 0.1) is 5.92 Å². The van der Waals surface area contributed by atoms with Gasteiger partial charge < -0.3 is 9.32 Å². The number of hydrogen-bond donors (Lipinski definition) is 0. The van der Waals surface area contributed by atoms with Crippen molar-refractivity contribution in [2.75, 3.05) is 23.9 Å². The topological polar surface area (TPSA) is 42.2 Å². The van der Waals surface area contributed by atoms with E-state index in [1.807, 2.05) is 0 Å². The van der Waals surface area contributed by atoms with Crippen molar-refractivity contribution in [3.8, 4) is 0 Å². The molecule has 0 spiro atoms. The summed E-state index contributed by atoms with van der Waals surface area (Å²) in [6.07, 6.45) is 4.68. The largest absolute Gasteiger partial charge is 0.408 e. The average Bonchev–Trinajstić information content (AvgIpc) is 2.66. The minimum Gasteiger partial charge on any atom is -0.408 e. The van der Waals surface area contributed by atoms with Gasteiger partial charge in [0.25, 0.3) is 0 Å². The van der Waals surface area contributed by atoms with Gasteiger partial charge in [0.15, 0.2) is 0 Å². The molecule has 2 rings (SSSR count). The first-order valence-corrected chi connectivity index (χ1v) is 6.50. The van der Waals surface area contributed by atoms with Gasteiger partial charge in [-0.1, -0.05) is 11.5 Å². The molecule has 0 unspecified atom stereocenters. The predicted molar refractivity (Wildman–Crippen MR) is 64.0 cm³/mol. The molecule has 0 bridgehead atoms. The molecule has 1 heterocycles. The molecule has 0 N–H and O–H groups in total. The van der Waals surface area contributed by atoms with E-state index in [-0.39, 0.29) is 0 Å². The highest BCUT2D eigenvalue weighted by Gasteiger charge is 2.22. The Bertz CT molecular complexity index is 325. The molecule has 1 saturated carbocycles. The van der Waals surface area contributed by atoms with Gasteiger partial charge in [0.05, 0.1) is 0 Å². The number of halogens is 1. The van der Waals surface area contributed by atoms with Crippen LogP contribution >= 0.6 is 11.6 Å². The third-order valence-corrected chi connectivity index (χ3v) is 3.31. The summed E-state index contributed by atoms with van der Waals surface area (Å²) in [6, 6.07) is 0.648. The molecule has 0 radical (unpaired) electrons. The van der Waals surface area contributed by atoms with Gasteiger partial charge in [0.1, 0.15) is 0 Å². The van der Waals surface area contributed by atoms with Crippen LogP contribution in [0.3, 0.4) is 0 Å². The lowest BCUT2D eigenvalue weighted by atomic mass is 9.85. The van der Waals surface area contributed by atoms with E-state index < -0.39 is 0 Å². The Morgan fingerprint density at radius 1 is 1.44 bits per heavy atom. The van der Waals surface area contributed by atoms with Crippen LogP contribution in [0.2, 0.25) is 0 Å². The fourth-order valence-electron chi connectivity index (χ4n) is 1.88. The van der Waals surface area contributed by atoms with E-state index >= 15 is 0 Å². The third kappa shape index (κ3) is 2.67. The summed E-state index contributed by atoms with van der Waals surface area (Å²) in [5.41, 5.74) is 0. The molecule has 16 heavy (non-hydrogen) atoms. The van der Waals surface area contributed by atoms with Crippen molar-refractivity contribution in [3.63, 3.8) is 0 Å². The molecule has 1 aliphatic rings. The Balaban J connectivity index is 1.95. The smallest absolute Gasteiger partial charge is 0.318 e. The van der Waals surface area contributed by atoms with Gasteiger partial charge in [0, 0.05) is 25.4 Å².